The van der Waals surface area contributed by atoms with E-state index in [-0.39, 0.29) is 17.7 Å². The lowest BCUT2D eigenvalue weighted by molar-refractivity contribution is 0.437. The normalized spacial score (nSPS) is 13.7. The number of sulfonamides is 1. The Morgan fingerprint density at radius 3 is 2.26 bits per heavy atom. The van der Waals surface area contributed by atoms with Gasteiger partial charge in [-0.05, 0) is 23.5 Å². The number of nitrogens with one attached hydrogen (secondary N) is 1. The van der Waals surface area contributed by atoms with Crippen molar-refractivity contribution in [2.45, 2.75) is 45.5 Å². The Morgan fingerprint density at radius 2 is 1.79 bits per heavy atom. The van der Waals surface area contributed by atoms with Crippen molar-refractivity contribution >= 4 is 10.0 Å². The maximum atomic E-state index is 12.2. The predicted molar refractivity (Wildman–Crippen MR) is 79.0 cm³/mol. The van der Waals surface area contributed by atoms with Crippen LogP contribution in [-0.4, -0.2) is 14.5 Å². The molecule has 0 aliphatic rings. The molecule has 19 heavy (non-hydrogen) atoms. The molecule has 0 spiro atoms. The topological polar surface area (TPSA) is 72.2 Å². The van der Waals surface area contributed by atoms with E-state index in [2.05, 4.69) is 4.72 Å². The van der Waals surface area contributed by atoms with Crippen LogP contribution in [0, 0.1) is 5.92 Å². The first-order chi connectivity index (χ1) is 8.89. The van der Waals surface area contributed by atoms with Gasteiger partial charge in [0.15, 0.2) is 0 Å². The van der Waals surface area contributed by atoms with Gasteiger partial charge in [-0.25, -0.2) is 13.1 Å². The van der Waals surface area contributed by atoms with Gasteiger partial charge >= 0.3 is 0 Å². The van der Waals surface area contributed by atoms with Gasteiger partial charge in [0, 0.05) is 12.6 Å². The van der Waals surface area contributed by atoms with E-state index in [1.54, 1.807) is 0 Å². The summed E-state index contributed by atoms with van der Waals surface area (Å²) in [6, 6.07) is 7.37. The lowest BCUT2D eigenvalue weighted by Crippen LogP contribution is -2.38. The summed E-state index contributed by atoms with van der Waals surface area (Å²) in [6.45, 7) is 6.38. The smallest absolute Gasteiger partial charge is 0.216 e. The van der Waals surface area contributed by atoms with Gasteiger partial charge in [-0.15, -0.1) is 0 Å². The van der Waals surface area contributed by atoms with E-state index >= 15 is 0 Å². The Hall–Kier alpha value is -0.910. The fraction of sp³-hybridized carbons (Fsp3) is 0.571. The molecule has 0 radical (unpaired) electrons. The van der Waals surface area contributed by atoms with Crippen LogP contribution >= 0.6 is 0 Å². The van der Waals surface area contributed by atoms with E-state index in [1.807, 2.05) is 45.0 Å². The minimum Gasteiger partial charge on any atom is -0.326 e. The van der Waals surface area contributed by atoms with Gasteiger partial charge in [0.2, 0.25) is 10.0 Å². The van der Waals surface area contributed by atoms with Crippen LogP contribution in [0.1, 0.15) is 38.3 Å². The molecule has 0 fully saturated rings. The molecule has 3 N–H and O–H groups in total. The third-order valence-corrected chi connectivity index (χ3v) is 4.61. The SMILES string of the molecule is CCC(NS(=O)(=O)Cc1ccccc1CN)C(C)C. The highest BCUT2D eigenvalue weighted by atomic mass is 32.2. The van der Waals surface area contributed by atoms with Crippen LogP contribution in [0.25, 0.3) is 0 Å². The number of hydrogen-bond donors (Lipinski definition) is 2. The van der Waals surface area contributed by atoms with Crippen LogP contribution in [0.4, 0.5) is 0 Å². The van der Waals surface area contributed by atoms with Gasteiger partial charge in [-0.1, -0.05) is 45.0 Å². The first kappa shape index (κ1) is 16.1. The van der Waals surface area contributed by atoms with Crippen LogP contribution in [0.2, 0.25) is 0 Å². The molecule has 0 aromatic heterocycles. The van der Waals surface area contributed by atoms with Crippen LogP contribution in [-0.2, 0) is 22.3 Å². The van der Waals surface area contributed by atoms with Gasteiger partial charge in [0.1, 0.15) is 0 Å². The first-order valence-electron chi connectivity index (χ1n) is 6.66. The maximum absolute atomic E-state index is 12.2. The second-order valence-electron chi connectivity index (χ2n) is 5.11. The molecule has 0 saturated carbocycles. The molecule has 1 unspecified atom stereocenters. The summed E-state index contributed by atoms with van der Waals surface area (Å²) in [5, 5.41) is 0. The maximum Gasteiger partial charge on any atom is 0.216 e. The lowest BCUT2D eigenvalue weighted by atomic mass is 10.0. The average Bonchev–Trinajstić information content (AvgIpc) is 2.36. The monoisotopic (exact) mass is 284 g/mol. The second-order valence-corrected chi connectivity index (χ2v) is 6.86. The molecular weight excluding hydrogens is 260 g/mol. The van der Waals surface area contributed by atoms with Gasteiger partial charge in [0.05, 0.1) is 5.75 Å². The third-order valence-electron chi connectivity index (χ3n) is 3.26. The van der Waals surface area contributed by atoms with Crippen molar-refractivity contribution < 1.29 is 8.42 Å². The number of benzene rings is 1. The van der Waals surface area contributed by atoms with Crippen molar-refractivity contribution in [2.75, 3.05) is 0 Å². The summed E-state index contributed by atoms with van der Waals surface area (Å²) >= 11 is 0. The fourth-order valence-corrected chi connectivity index (χ4v) is 3.74. The first-order valence-corrected chi connectivity index (χ1v) is 8.31. The number of rotatable bonds is 7. The van der Waals surface area contributed by atoms with Gasteiger partial charge in [0.25, 0.3) is 0 Å². The Bertz CT molecular complexity index is 498. The molecule has 1 rings (SSSR count). The van der Waals surface area contributed by atoms with Crippen molar-refractivity contribution in [3.63, 3.8) is 0 Å². The number of hydrogen-bond acceptors (Lipinski definition) is 3. The summed E-state index contributed by atoms with van der Waals surface area (Å²) in [5.74, 6) is 0.272. The molecule has 5 heteroatoms. The summed E-state index contributed by atoms with van der Waals surface area (Å²) in [4.78, 5) is 0. The Labute approximate surface area is 116 Å². The van der Waals surface area contributed by atoms with E-state index in [4.69, 9.17) is 5.73 Å². The molecule has 0 aliphatic heterocycles. The van der Waals surface area contributed by atoms with Crippen molar-refractivity contribution in [1.82, 2.24) is 4.72 Å². The molecule has 0 aliphatic carbocycles. The van der Waals surface area contributed by atoms with Gasteiger partial charge < -0.3 is 5.73 Å². The van der Waals surface area contributed by atoms with Crippen molar-refractivity contribution in [3.05, 3.63) is 35.4 Å². The zero-order valence-corrected chi connectivity index (χ0v) is 12.7. The molecule has 0 heterocycles. The quantitative estimate of drug-likeness (QED) is 0.804. The molecule has 0 amide bonds. The van der Waals surface area contributed by atoms with Crippen LogP contribution in [0.5, 0.6) is 0 Å². The molecule has 1 aromatic rings. The molecule has 108 valence electrons. The van der Waals surface area contributed by atoms with E-state index in [0.29, 0.717) is 6.54 Å². The molecule has 0 bridgehead atoms. The van der Waals surface area contributed by atoms with Crippen LogP contribution in [0.3, 0.4) is 0 Å². The summed E-state index contributed by atoms with van der Waals surface area (Å²) in [7, 11) is -3.33. The van der Waals surface area contributed by atoms with E-state index in [0.717, 1.165) is 17.5 Å². The van der Waals surface area contributed by atoms with Crippen LogP contribution in [0.15, 0.2) is 24.3 Å². The summed E-state index contributed by atoms with van der Waals surface area (Å²) in [6.07, 6.45) is 0.787. The Morgan fingerprint density at radius 1 is 1.21 bits per heavy atom. The standard InChI is InChI=1S/C14H24N2O2S/c1-4-14(11(2)3)16-19(17,18)10-13-8-6-5-7-12(13)9-15/h5-8,11,14,16H,4,9-10,15H2,1-3H3. The zero-order chi connectivity index (χ0) is 14.5. The second kappa shape index (κ2) is 7.03. The lowest BCUT2D eigenvalue weighted by Gasteiger charge is -2.21. The Kier molecular flexibility index (Phi) is 5.97. The van der Waals surface area contributed by atoms with E-state index in [9.17, 15) is 8.42 Å². The molecule has 1 aromatic carbocycles. The summed E-state index contributed by atoms with van der Waals surface area (Å²) < 4.78 is 27.2. The largest absolute Gasteiger partial charge is 0.326 e. The van der Waals surface area contributed by atoms with Crippen molar-refractivity contribution in [2.24, 2.45) is 11.7 Å². The van der Waals surface area contributed by atoms with Crippen LogP contribution < -0.4 is 10.5 Å². The highest BCUT2D eigenvalue weighted by molar-refractivity contribution is 7.88. The summed E-state index contributed by atoms with van der Waals surface area (Å²) in [5.41, 5.74) is 7.28. The minimum absolute atomic E-state index is 0.0103. The molecule has 4 nitrogen and oxygen atoms in total. The van der Waals surface area contributed by atoms with E-state index in [1.165, 1.54) is 0 Å². The third kappa shape index (κ3) is 4.93. The van der Waals surface area contributed by atoms with Crippen molar-refractivity contribution in [3.8, 4) is 0 Å². The zero-order valence-electron chi connectivity index (χ0n) is 11.9. The predicted octanol–water partition coefficient (Wildman–Crippen LogP) is 2.00. The highest BCUT2D eigenvalue weighted by Crippen LogP contribution is 2.14. The van der Waals surface area contributed by atoms with Gasteiger partial charge in [-0.2, -0.15) is 0 Å². The van der Waals surface area contributed by atoms with Gasteiger partial charge in [-0.3, -0.25) is 0 Å². The minimum atomic E-state index is -3.33. The molecular formula is C14H24N2O2S. The van der Waals surface area contributed by atoms with Crippen molar-refractivity contribution in [1.29, 1.82) is 0 Å². The fourth-order valence-electron chi connectivity index (χ4n) is 2.07. The Balaban J connectivity index is 2.85. The highest BCUT2D eigenvalue weighted by Gasteiger charge is 2.20. The average molecular weight is 284 g/mol. The molecule has 1 atom stereocenters. The van der Waals surface area contributed by atoms with E-state index < -0.39 is 10.0 Å². The molecule has 0 saturated heterocycles. The number of nitrogens with two attached hydrogens (primary N) is 1.